The molecule has 1 aromatic carbocycles. The molecule has 2 aromatic heterocycles. The number of nitrogens with two attached hydrogens (primary N) is 1. The van der Waals surface area contributed by atoms with Gasteiger partial charge in [0.05, 0.1) is 18.9 Å². The number of thiazole rings is 1. The summed E-state index contributed by atoms with van der Waals surface area (Å²) in [7, 11) is 1.38. The number of carbonyl (C=O) groups excluding carboxylic acids is 2. The lowest BCUT2D eigenvalue weighted by Crippen LogP contribution is -2.50. The number of hydrogen-bond acceptors (Lipinski definition) is 6. The molecule has 142 valence electrons. The molecule has 0 aliphatic carbocycles. The molecule has 2 amide bonds. The van der Waals surface area contributed by atoms with Crippen molar-refractivity contribution in [2.45, 2.75) is 19.1 Å². The second-order valence-electron chi connectivity index (χ2n) is 5.84. The van der Waals surface area contributed by atoms with E-state index in [1.54, 1.807) is 17.6 Å². The van der Waals surface area contributed by atoms with E-state index < -0.39 is 29.8 Å². The highest BCUT2D eigenvalue weighted by Crippen LogP contribution is 2.27. The number of primary amides is 1. The minimum Gasteiger partial charge on any atom is -0.494 e. The smallest absolute Gasteiger partial charge is 0.269 e. The number of methoxy groups -OCH3 is 1. The van der Waals surface area contributed by atoms with Crippen LogP contribution in [0, 0.1) is 5.82 Å². The van der Waals surface area contributed by atoms with E-state index in [2.05, 4.69) is 10.3 Å². The van der Waals surface area contributed by atoms with Gasteiger partial charge in [0.25, 0.3) is 5.91 Å². The zero-order valence-electron chi connectivity index (χ0n) is 14.5. The van der Waals surface area contributed by atoms with Crippen LogP contribution in [-0.2, 0) is 4.79 Å². The fraction of sp³-hybridized carbons (Fsp3) is 0.235. The average Bonchev–Trinajstić information content (AvgIpc) is 3.19. The van der Waals surface area contributed by atoms with Crippen molar-refractivity contribution < 1.29 is 23.8 Å². The van der Waals surface area contributed by atoms with Gasteiger partial charge in [-0.3, -0.25) is 14.0 Å². The van der Waals surface area contributed by atoms with Crippen LogP contribution in [0.4, 0.5) is 4.39 Å². The predicted molar refractivity (Wildman–Crippen MR) is 97.1 cm³/mol. The molecule has 0 unspecified atom stereocenters. The molecule has 2 atom stereocenters. The van der Waals surface area contributed by atoms with Crippen LogP contribution in [0.1, 0.15) is 17.4 Å². The molecule has 2 heterocycles. The van der Waals surface area contributed by atoms with E-state index >= 15 is 0 Å². The number of nitrogens with one attached hydrogen (secondary N) is 1. The summed E-state index contributed by atoms with van der Waals surface area (Å²) in [5.41, 5.74) is 6.41. The van der Waals surface area contributed by atoms with Gasteiger partial charge in [-0.1, -0.05) is 0 Å². The summed E-state index contributed by atoms with van der Waals surface area (Å²) in [6.45, 7) is 1.35. The molecule has 27 heavy (non-hydrogen) atoms. The zero-order valence-corrected chi connectivity index (χ0v) is 15.3. The summed E-state index contributed by atoms with van der Waals surface area (Å²) in [4.78, 5) is 28.7. The highest BCUT2D eigenvalue weighted by atomic mass is 32.1. The Morgan fingerprint density at radius 2 is 2.19 bits per heavy atom. The van der Waals surface area contributed by atoms with E-state index in [4.69, 9.17) is 10.5 Å². The molecule has 10 heteroatoms. The number of amides is 2. The number of halogens is 1. The van der Waals surface area contributed by atoms with Gasteiger partial charge < -0.3 is 20.9 Å². The maximum absolute atomic E-state index is 13.9. The van der Waals surface area contributed by atoms with Crippen molar-refractivity contribution >= 4 is 28.1 Å². The van der Waals surface area contributed by atoms with Crippen LogP contribution < -0.4 is 15.8 Å². The van der Waals surface area contributed by atoms with Crippen molar-refractivity contribution in [3.05, 3.63) is 41.3 Å². The average molecular weight is 392 g/mol. The fourth-order valence-corrected chi connectivity index (χ4v) is 3.41. The summed E-state index contributed by atoms with van der Waals surface area (Å²) in [5, 5.41) is 13.6. The van der Waals surface area contributed by atoms with Gasteiger partial charge in [-0.15, -0.1) is 11.3 Å². The number of ether oxygens (including phenoxy) is 1. The van der Waals surface area contributed by atoms with Crippen LogP contribution in [0.2, 0.25) is 0 Å². The number of carbonyl (C=O) groups is 2. The molecule has 0 spiro atoms. The van der Waals surface area contributed by atoms with E-state index in [0.717, 1.165) is 0 Å². The standard InChI is InChI=1S/C17H17FN4O4S/c1-8(23)14(15(19)24)21-16(25)12-7-27-17-20-11(6-22(12)17)9-3-4-13(26-2)10(18)5-9/h3-8,14,23H,1-2H3,(H2,19,24)(H,21,25)/t8-,14+/m1/s1. The van der Waals surface area contributed by atoms with Gasteiger partial charge in [-0.05, 0) is 25.1 Å². The fourth-order valence-electron chi connectivity index (χ4n) is 2.56. The second-order valence-corrected chi connectivity index (χ2v) is 6.68. The molecule has 3 rings (SSSR count). The number of benzene rings is 1. The van der Waals surface area contributed by atoms with Crippen LogP contribution >= 0.6 is 11.3 Å². The van der Waals surface area contributed by atoms with Crippen LogP contribution in [-0.4, -0.2) is 45.6 Å². The third-order valence-electron chi connectivity index (χ3n) is 3.96. The van der Waals surface area contributed by atoms with Gasteiger partial charge in [-0.25, -0.2) is 9.37 Å². The van der Waals surface area contributed by atoms with Crippen molar-refractivity contribution in [1.82, 2.24) is 14.7 Å². The quantitative estimate of drug-likeness (QED) is 0.582. The Balaban J connectivity index is 1.92. The number of rotatable bonds is 6. The Morgan fingerprint density at radius 3 is 2.78 bits per heavy atom. The molecular weight excluding hydrogens is 375 g/mol. The maximum Gasteiger partial charge on any atom is 0.269 e. The normalized spacial score (nSPS) is 13.3. The summed E-state index contributed by atoms with van der Waals surface area (Å²) in [5.74, 6) is -1.83. The first-order valence-electron chi connectivity index (χ1n) is 7.90. The van der Waals surface area contributed by atoms with Gasteiger partial charge in [0.15, 0.2) is 16.5 Å². The molecule has 0 saturated carbocycles. The lowest BCUT2D eigenvalue weighted by Gasteiger charge is -2.17. The summed E-state index contributed by atoms with van der Waals surface area (Å²) in [6.07, 6.45) is 0.449. The van der Waals surface area contributed by atoms with Crippen molar-refractivity contribution in [3.63, 3.8) is 0 Å². The highest BCUT2D eigenvalue weighted by Gasteiger charge is 2.25. The Hall–Kier alpha value is -2.98. The summed E-state index contributed by atoms with van der Waals surface area (Å²) < 4.78 is 20.4. The van der Waals surface area contributed by atoms with Crippen LogP contribution in [0.5, 0.6) is 5.75 Å². The summed E-state index contributed by atoms with van der Waals surface area (Å²) >= 11 is 1.21. The number of aromatic nitrogens is 2. The lowest BCUT2D eigenvalue weighted by molar-refractivity contribution is -0.122. The molecule has 0 bridgehead atoms. The largest absolute Gasteiger partial charge is 0.494 e. The first kappa shape index (κ1) is 18.8. The molecule has 4 N–H and O–H groups in total. The lowest BCUT2D eigenvalue weighted by atomic mass is 10.1. The van der Waals surface area contributed by atoms with E-state index in [-0.39, 0.29) is 11.4 Å². The molecule has 0 radical (unpaired) electrons. The van der Waals surface area contributed by atoms with Crippen molar-refractivity contribution in [2.24, 2.45) is 5.73 Å². The number of aliphatic hydroxyl groups excluding tert-OH is 1. The molecule has 3 aromatic rings. The van der Waals surface area contributed by atoms with Crippen LogP contribution in [0.15, 0.2) is 29.8 Å². The first-order valence-corrected chi connectivity index (χ1v) is 8.78. The molecule has 0 saturated heterocycles. The number of aliphatic hydroxyl groups is 1. The topological polar surface area (TPSA) is 119 Å². The van der Waals surface area contributed by atoms with Gasteiger partial charge in [0.2, 0.25) is 5.91 Å². The van der Waals surface area contributed by atoms with Crippen molar-refractivity contribution in [1.29, 1.82) is 0 Å². The third kappa shape index (κ3) is 3.62. The van der Waals surface area contributed by atoms with Crippen LogP contribution in [0.3, 0.4) is 0 Å². The van der Waals surface area contributed by atoms with Gasteiger partial charge in [0, 0.05) is 17.1 Å². The van der Waals surface area contributed by atoms with E-state index in [9.17, 15) is 19.1 Å². The number of imidazole rings is 1. The first-order chi connectivity index (χ1) is 12.8. The van der Waals surface area contributed by atoms with E-state index in [0.29, 0.717) is 16.2 Å². The number of fused-ring (bicyclic) bond motifs is 1. The molecule has 8 nitrogen and oxygen atoms in total. The maximum atomic E-state index is 13.9. The molecule has 0 aliphatic heterocycles. The Morgan fingerprint density at radius 1 is 1.44 bits per heavy atom. The predicted octanol–water partition coefficient (Wildman–Crippen LogP) is 1.18. The number of hydrogen-bond donors (Lipinski definition) is 3. The highest BCUT2D eigenvalue weighted by molar-refractivity contribution is 7.15. The second kappa shape index (κ2) is 7.33. The van der Waals surface area contributed by atoms with Crippen LogP contribution in [0.25, 0.3) is 16.2 Å². The Labute approximate surface area is 157 Å². The van der Waals surface area contributed by atoms with Gasteiger partial charge >= 0.3 is 0 Å². The monoisotopic (exact) mass is 392 g/mol. The minimum absolute atomic E-state index is 0.121. The minimum atomic E-state index is -1.22. The molecule has 0 fully saturated rings. The Bertz CT molecular complexity index is 1010. The molecular formula is C17H17FN4O4S. The zero-order chi connectivity index (χ0) is 19.7. The number of nitrogens with zero attached hydrogens (tertiary/aromatic N) is 2. The van der Waals surface area contributed by atoms with E-state index in [1.165, 1.54) is 41.9 Å². The summed E-state index contributed by atoms with van der Waals surface area (Å²) in [6, 6.07) is 3.23. The Kier molecular flexibility index (Phi) is 5.10. The van der Waals surface area contributed by atoms with Crippen molar-refractivity contribution in [2.75, 3.05) is 7.11 Å². The van der Waals surface area contributed by atoms with Gasteiger partial charge in [-0.2, -0.15) is 0 Å². The SMILES string of the molecule is COc1ccc(-c2cn3c(C(=O)N[C@H](C(N)=O)[C@@H](C)O)csc3n2)cc1F. The van der Waals surface area contributed by atoms with Crippen molar-refractivity contribution in [3.8, 4) is 17.0 Å². The third-order valence-corrected chi connectivity index (χ3v) is 4.80. The van der Waals surface area contributed by atoms with E-state index in [1.807, 2.05) is 0 Å². The van der Waals surface area contributed by atoms with Gasteiger partial charge in [0.1, 0.15) is 11.7 Å². The molecule has 0 aliphatic rings.